The fourth-order valence-corrected chi connectivity index (χ4v) is 3.63. The van der Waals surface area contributed by atoms with Crippen LogP contribution < -0.4 is 15.5 Å². The van der Waals surface area contributed by atoms with Crippen LogP contribution in [-0.4, -0.2) is 44.8 Å². The number of aromatic amines is 1. The van der Waals surface area contributed by atoms with Gasteiger partial charge in [-0.05, 0) is 6.42 Å². The van der Waals surface area contributed by atoms with Gasteiger partial charge in [0.05, 0.1) is 12.4 Å². The number of hydrogen-bond donors (Lipinski definition) is 2. The number of nitrogens with one attached hydrogen (secondary N) is 2. The molecule has 0 bridgehead atoms. The van der Waals surface area contributed by atoms with E-state index in [0.717, 1.165) is 6.42 Å². The van der Waals surface area contributed by atoms with Crippen molar-refractivity contribution in [3.63, 3.8) is 0 Å². The standard InChI is InChI=1S/C15H20N4O5S2/c1-3-4-24-12-6-16-10(5-11(12)20)8-26(22)9-13(21)17-15-19-18-14(25-15)7-23-2/h5-6H,3-4,7-9H2,1-2H3,(H,16,20)(H,17,19,21). The molecule has 1 unspecified atom stereocenters. The van der Waals surface area contributed by atoms with Crippen LogP contribution in [0.5, 0.6) is 5.75 Å². The highest BCUT2D eigenvalue weighted by Gasteiger charge is 2.13. The zero-order chi connectivity index (χ0) is 18.9. The predicted octanol–water partition coefficient (Wildman–Crippen LogP) is 1.05. The molecule has 2 aromatic heterocycles. The number of aromatic nitrogens is 3. The maximum absolute atomic E-state index is 12.1. The van der Waals surface area contributed by atoms with Crippen molar-refractivity contribution >= 4 is 33.2 Å². The lowest BCUT2D eigenvalue weighted by Gasteiger charge is -2.06. The maximum Gasteiger partial charge on any atom is 0.238 e. The summed E-state index contributed by atoms with van der Waals surface area (Å²) in [4.78, 5) is 26.7. The third-order valence-electron chi connectivity index (χ3n) is 2.99. The molecular weight excluding hydrogens is 380 g/mol. The number of nitrogens with zero attached hydrogens (tertiary/aromatic N) is 2. The van der Waals surface area contributed by atoms with Gasteiger partial charge in [-0.1, -0.05) is 18.3 Å². The zero-order valence-electron chi connectivity index (χ0n) is 14.4. The fraction of sp³-hybridized carbons (Fsp3) is 0.467. The zero-order valence-corrected chi connectivity index (χ0v) is 16.1. The Morgan fingerprint density at radius 2 is 2.23 bits per heavy atom. The Kier molecular flexibility index (Phi) is 7.88. The third-order valence-corrected chi connectivity index (χ3v) is 5.02. The molecule has 0 radical (unpaired) electrons. The van der Waals surface area contributed by atoms with Gasteiger partial charge in [0, 0.05) is 35.9 Å². The van der Waals surface area contributed by atoms with Crippen molar-refractivity contribution < 1.29 is 18.5 Å². The molecule has 0 aliphatic heterocycles. The van der Waals surface area contributed by atoms with Crippen molar-refractivity contribution in [2.24, 2.45) is 0 Å². The maximum atomic E-state index is 12.1. The Bertz CT molecular complexity index is 820. The van der Waals surface area contributed by atoms with Crippen molar-refractivity contribution in [3.05, 3.63) is 33.2 Å². The van der Waals surface area contributed by atoms with Gasteiger partial charge < -0.3 is 14.5 Å². The Labute approximate surface area is 156 Å². The average molecular weight is 400 g/mol. The van der Waals surface area contributed by atoms with Crippen LogP contribution in [0.1, 0.15) is 24.0 Å². The first-order chi connectivity index (χ1) is 12.5. The Balaban J connectivity index is 1.86. The first-order valence-electron chi connectivity index (χ1n) is 7.82. The highest BCUT2D eigenvalue weighted by molar-refractivity contribution is 7.84. The molecule has 9 nitrogen and oxygen atoms in total. The first-order valence-corrected chi connectivity index (χ1v) is 10.1. The molecule has 2 rings (SSSR count). The Morgan fingerprint density at radius 1 is 1.42 bits per heavy atom. The number of rotatable bonds is 10. The second kappa shape index (κ2) is 10.1. The number of amides is 1. The third kappa shape index (κ3) is 6.32. The largest absolute Gasteiger partial charge is 0.488 e. The minimum atomic E-state index is -1.48. The summed E-state index contributed by atoms with van der Waals surface area (Å²) < 4.78 is 22.4. The van der Waals surface area contributed by atoms with Crippen LogP contribution in [0.15, 0.2) is 17.1 Å². The lowest BCUT2D eigenvalue weighted by Crippen LogP contribution is -2.20. The second-order valence-electron chi connectivity index (χ2n) is 5.25. The van der Waals surface area contributed by atoms with E-state index in [1.165, 1.54) is 30.7 Å². The van der Waals surface area contributed by atoms with E-state index in [1.807, 2.05) is 6.92 Å². The molecule has 2 aromatic rings. The number of H-pyrrole nitrogens is 1. The van der Waals surface area contributed by atoms with Crippen LogP contribution in [0.3, 0.4) is 0 Å². The summed E-state index contributed by atoms with van der Waals surface area (Å²) in [7, 11) is 0.0545. The Hall–Kier alpha value is -2.11. The van der Waals surface area contributed by atoms with E-state index in [4.69, 9.17) is 9.47 Å². The van der Waals surface area contributed by atoms with E-state index >= 15 is 0 Å². The second-order valence-corrected chi connectivity index (χ2v) is 7.76. The first kappa shape index (κ1) is 20.2. The number of pyridine rings is 1. The van der Waals surface area contributed by atoms with Gasteiger partial charge in [0.25, 0.3) is 0 Å². The van der Waals surface area contributed by atoms with E-state index < -0.39 is 16.7 Å². The van der Waals surface area contributed by atoms with Crippen LogP contribution >= 0.6 is 11.3 Å². The summed E-state index contributed by atoms with van der Waals surface area (Å²) in [6.07, 6.45) is 2.24. The number of carbonyl (C=O) groups excluding carboxylic acids is 1. The SMILES string of the molecule is CCCOc1c[nH]c(CS(=O)CC(=O)Nc2nnc(COC)s2)cc1=O. The van der Waals surface area contributed by atoms with Crippen molar-refractivity contribution in [3.8, 4) is 5.75 Å². The number of anilines is 1. The molecule has 0 fully saturated rings. The van der Waals surface area contributed by atoms with E-state index in [-0.39, 0.29) is 22.7 Å². The van der Waals surface area contributed by atoms with Crippen molar-refractivity contribution in [2.45, 2.75) is 25.7 Å². The summed E-state index contributed by atoms with van der Waals surface area (Å²) in [6.45, 7) is 2.70. The molecule has 0 spiro atoms. The fourth-order valence-electron chi connectivity index (χ4n) is 1.92. The molecular formula is C15H20N4O5S2. The molecule has 1 atom stereocenters. The molecule has 0 aromatic carbocycles. The predicted molar refractivity (Wildman–Crippen MR) is 98.8 cm³/mol. The molecule has 0 aliphatic carbocycles. The van der Waals surface area contributed by atoms with E-state index in [9.17, 15) is 13.8 Å². The smallest absolute Gasteiger partial charge is 0.238 e. The number of hydrogen-bond acceptors (Lipinski definition) is 8. The normalized spacial score (nSPS) is 11.9. The lowest BCUT2D eigenvalue weighted by atomic mass is 10.3. The Morgan fingerprint density at radius 3 is 2.92 bits per heavy atom. The van der Waals surface area contributed by atoms with Gasteiger partial charge in [-0.25, -0.2) is 0 Å². The monoisotopic (exact) mass is 400 g/mol. The summed E-state index contributed by atoms with van der Waals surface area (Å²) in [5.41, 5.74) is 0.191. The molecule has 11 heteroatoms. The molecule has 0 aliphatic rings. The molecule has 0 saturated carbocycles. The summed E-state index contributed by atoms with van der Waals surface area (Å²) in [5.74, 6) is -0.368. The van der Waals surface area contributed by atoms with E-state index in [0.29, 0.717) is 29.0 Å². The summed E-state index contributed by atoms with van der Waals surface area (Å²) >= 11 is 1.19. The lowest BCUT2D eigenvalue weighted by molar-refractivity contribution is -0.113. The quantitative estimate of drug-likeness (QED) is 0.611. The van der Waals surface area contributed by atoms with Gasteiger partial charge in [0.1, 0.15) is 17.4 Å². The highest BCUT2D eigenvalue weighted by atomic mass is 32.2. The van der Waals surface area contributed by atoms with Crippen LogP contribution in [0, 0.1) is 0 Å². The van der Waals surface area contributed by atoms with Crippen LogP contribution in [0.4, 0.5) is 5.13 Å². The van der Waals surface area contributed by atoms with Crippen LogP contribution in [0.2, 0.25) is 0 Å². The van der Waals surface area contributed by atoms with Gasteiger partial charge in [0.2, 0.25) is 16.5 Å². The van der Waals surface area contributed by atoms with Crippen molar-refractivity contribution in [1.82, 2.24) is 15.2 Å². The molecule has 0 saturated heterocycles. The summed E-state index contributed by atoms with van der Waals surface area (Å²) in [6, 6.07) is 1.34. The molecule has 1 amide bonds. The topological polar surface area (TPSA) is 123 Å². The number of carbonyl (C=O) groups is 1. The molecule has 26 heavy (non-hydrogen) atoms. The minimum absolute atomic E-state index is 0.0573. The average Bonchev–Trinajstić information content (AvgIpc) is 3.01. The van der Waals surface area contributed by atoms with Gasteiger partial charge in [-0.3, -0.25) is 19.1 Å². The molecule has 142 valence electrons. The van der Waals surface area contributed by atoms with Gasteiger partial charge >= 0.3 is 0 Å². The summed E-state index contributed by atoms with van der Waals surface area (Å²) in [5, 5.41) is 11.2. The van der Waals surface area contributed by atoms with Crippen LogP contribution in [-0.2, 0) is 32.7 Å². The molecule has 2 heterocycles. The van der Waals surface area contributed by atoms with Gasteiger partial charge in [-0.15, -0.1) is 10.2 Å². The van der Waals surface area contributed by atoms with Gasteiger partial charge in [0.15, 0.2) is 5.75 Å². The number of ether oxygens (including phenoxy) is 2. The van der Waals surface area contributed by atoms with E-state index in [1.54, 1.807) is 0 Å². The van der Waals surface area contributed by atoms with Gasteiger partial charge in [-0.2, -0.15) is 0 Å². The van der Waals surface area contributed by atoms with Crippen molar-refractivity contribution in [1.29, 1.82) is 0 Å². The van der Waals surface area contributed by atoms with Crippen molar-refractivity contribution in [2.75, 3.05) is 24.8 Å². The van der Waals surface area contributed by atoms with E-state index in [2.05, 4.69) is 20.5 Å². The molecule has 2 N–H and O–H groups in total. The highest BCUT2D eigenvalue weighted by Crippen LogP contribution is 2.15. The minimum Gasteiger partial charge on any atom is -0.488 e. The van der Waals surface area contributed by atoms with Crippen LogP contribution in [0.25, 0.3) is 0 Å². The number of methoxy groups -OCH3 is 1.